The number of likely N-dealkylation sites (tertiary alicyclic amines) is 1. The van der Waals surface area contributed by atoms with Crippen molar-refractivity contribution in [2.45, 2.75) is 37.6 Å². The van der Waals surface area contributed by atoms with E-state index in [1.165, 1.54) is 38.2 Å². The van der Waals surface area contributed by atoms with Gasteiger partial charge >= 0.3 is 0 Å². The Morgan fingerprint density at radius 1 is 1.54 bits per heavy atom. The van der Waals surface area contributed by atoms with Gasteiger partial charge in [-0.15, -0.1) is 11.8 Å². The number of nitrogens with zero attached hydrogens (tertiary/aromatic N) is 1. The van der Waals surface area contributed by atoms with Gasteiger partial charge in [0, 0.05) is 24.9 Å². The summed E-state index contributed by atoms with van der Waals surface area (Å²) in [5.74, 6) is 1.31. The average molecular weight is 200 g/mol. The third-order valence-electron chi connectivity index (χ3n) is 3.28. The van der Waals surface area contributed by atoms with Crippen molar-refractivity contribution in [2.24, 2.45) is 0 Å². The monoisotopic (exact) mass is 200 g/mol. The third kappa shape index (κ3) is 1.88. The Bertz CT molecular complexity index is 164. The second-order valence-corrected chi connectivity index (χ2v) is 5.58. The SMILES string of the molecule is CCC1CSC2(CCN(CC)C2)N1. The van der Waals surface area contributed by atoms with Crippen molar-refractivity contribution in [2.75, 3.05) is 25.4 Å². The lowest BCUT2D eigenvalue weighted by atomic mass is 10.2. The fourth-order valence-electron chi connectivity index (χ4n) is 2.30. The molecule has 1 spiro atoms. The van der Waals surface area contributed by atoms with Crippen LogP contribution in [0.25, 0.3) is 0 Å². The molecule has 2 fully saturated rings. The molecule has 13 heavy (non-hydrogen) atoms. The highest BCUT2D eigenvalue weighted by molar-refractivity contribution is 8.01. The van der Waals surface area contributed by atoms with Gasteiger partial charge in [-0.3, -0.25) is 5.32 Å². The molecule has 2 heterocycles. The molecule has 2 aliphatic rings. The molecule has 0 saturated carbocycles. The molecule has 1 N–H and O–H groups in total. The van der Waals surface area contributed by atoms with Crippen LogP contribution in [-0.2, 0) is 0 Å². The molecule has 0 aromatic heterocycles. The standard InChI is InChI=1S/C10H20N2S/c1-3-9-7-13-10(11-9)5-6-12(4-2)8-10/h9,11H,3-8H2,1-2H3. The second kappa shape index (κ2) is 3.79. The van der Waals surface area contributed by atoms with Crippen molar-refractivity contribution >= 4 is 11.8 Å². The minimum Gasteiger partial charge on any atom is -0.301 e. The molecule has 2 rings (SSSR count). The quantitative estimate of drug-likeness (QED) is 0.727. The second-order valence-electron chi connectivity index (χ2n) is 4.17. The molecule has 2 unspecified atom stereocenters. The Balaban J connectivity index is 1.93. The molecule has 0 radical (unpaired) electrons. The van der Waals surface area contributed by atoms with Crippen LogP contribution in [0.15, 0.2) is 0 Å². The first-order chi connectivity index (χ1) is 6.28. The Hall–Kier alpha value is 0.270. The van der Waals surface area contributed by atoms with Crippen LogP contribution in [0.4, 0.5) is 0 Å². The maximum Gasteiger partial charge on any atom is 0.0788 e. The van der Waals surface area contributed by atoms with Gasteiger partial charge < -0.3 is 4.90 Å². The predicted molar refractivity (Wildman–Crippen MR) is 59.1 cm³/mol. The highest BCUT2D eigenvalue weighted by atomic mass is 32.2. The fourth-order valence-corrected chi connectivity index (χ4v) is 3.90. The van der Waals surface area contributed by atoms with Gasteiger partial charge in [-0.2, -0.15) is 0 Å². The van der Waals surface area contributed by atoms with Crippen LogP contribution in [0.3, 0.4) is 0 Å². The van der Waals surface area contributed by atoms with Crippen molar-refractivity contribution in [3.05, 3.63) is 0 Å². The molecule has 2 nitrogen and oxygen atoms in total. The lowest BCUT2D eigenvalue weighted by Gasteiger charge is -2.24. The summed E-state index contributed by atoms with van der Waals surface area (Å²) in [4.78, 5) is 2.98. The summed E-state index contributed by atoms with van der Waals surface area (Å²) in [6.45, 7) is 8.29. The summed E-state index contributed by atoms with van der Waals surface area (Å²) in [6.07, 6.45) is 2.61. The third-order valence-corrected chi connectivity index (χ3v) is 4.85. The molecule has 2 aliphatic heterocycles. The summed E-state index contributed by atoms with van der Waals surface area (Å²) in [6, 6.07) is 0.766. The largest absolute Gasteiger partial charge is 0.301 e. The summed E-state index contributed by atoms with van der Waals surface area (Å²) in [5, 5.41) is 3.80. The van der Waals surface area contributed by atoms with Gasteiger partial charge in [-0.1, -0.05) is 13.8 Å². The van der Waals surface area contributed by atoms with E-state index in [1.807, 2.05) is 0 Å². The van der Waals surface area contributed by atoms with Crippen LogP contribution in [0.5, 0.6) is 0 Å². The molecule has 2 atom stereocenters. The van der Waals surface area contributed by atoms with Gasteiger partial charge in [0.1, 0.15) is 0 Å². The molecule has 0 bridgehead atoms. The topological polar surface area (TPSA) is 15.3 Å². The highest BCUT2D eigenvalue weighted by Gasteiger charge is 2.43. The summed E-state index contributed by atoms with van der Waals surface area (Å²) >= 11 is 2.15. The molecule has 0 aromatic rings. The number of nitrogens with one attached hydrogen (secondary N) is 1. The highest BCUT2D eigenvalue weighted by Crippen LogP contribution is 2.38. The fraction of sp³-hybridized carbons (Fsp3) is 1.00. The molecular formula is C10H20N2S. The van der Waals surface area contributed by atoms with E-state index in [9.17, 15) is 0 Å². The van der Waals surface area contributed by atoms with Crippen LogP contribution in [-0.4, -0.2) is 41.2 Å². The first-order valence-electron chi connectivity index (χ1n) is 5.42. The smallest absolute Gasteiger partial charge is 0.0788 e. The Kier molecular flexibility index (Phi) is 2.86. The molecule has 3 heteroatoms. The summed E-state index contributed by atoms with van der Waals surface area (Å²) in [5.41, 5.74) is 0. The van der Waals surface area contributed by atoms with Crippen molar-refractivity contribution in [3.63, 3.8) is 0 Å². The first kappa shape index (κ1) is 9.81. The van der Waals surface area contributed by atoms with E-state index in [0.29, 0.717) is 4.87 Å². The van der Waals surface area contributed by atoms with Gasteiger partial charge in [0.15, 0.2) is 0 Å². The van der Waals surface area contributed by atoms with Gasteiger partial charge in [0.2, 0.25) is 0 Å². The lowest BCUT2D eigenvalue weighted by Crippen LogP contribution is -2.43. The zero-order valence-electron chi connectivity index (χ0n) is 8.68. The number of likely N-dealkylation sites (N-methyl/N-ethyl adjacent to an activating group) is 1. The number of hydrogen-bond acceptors (Lipinski definition) is 3. The van der Waals surface area contributed by atoms with Crippen molar-refractivity contribution in [3.8, 4) is 0 Å². The van der Waals surface area contributed by atoms with Gasteiger partial charge in [-0.05, 0) is 19.4 Å². The van der Waals surface area contributed by atoms with Crippen molar-refractivity contribution < 1.29 is 0 Å². The molecule has 0 aliphatic carbocycles. The maximum absolute atomic E-state index is 3.80. The molecule has 0 aromatic carbocycles. The van der Waals surface area contributed by atoms with Crippen LogP contribution in [0, 0.1) is 0 Å². The molecule has 0 amide bonds. The number of thioether (sulfide) groups is 1. The zero-order chi connectivity index (χ0) is 9.31. The van der Waals surface area contributed by atoms with E-state index in [2.05, 4.69) is 35.8 Å². The Morgan fingerprint density at radius 3 is 2.92 bits per heavy atom. The van der Waals surface area contributed by atoms with Gasteiger partial charge in [-0.25, -0.2) is 0 Å². The Labute approximate surface area is 85.4 Å². The van der Waals surface area contributed by atoms with Crippen molar-refractivity contribution in [1.29, 1.82) is 0 Å². The maximum atomic E-state index is 3.80. The van der Waals surface area contributed by atoms with Crippen molar-refractivity contribution in [1.82, 2.24) is 10.2 Å². The van der Waals surface area contributed by atoms with Gasteiger partial charge in [0.25, 0.3) is 0 Å². The Morgan fingerprint density at radius 2 is 2.38 bits per heavy atom. The number of hydrogen-bond donors (Lipinski definition) is 1. The normalized spacial score (nSPS) is 40.6. The van der Waals surface area contributed by atoms with E-state index < -0.39 is 0 Å². The number of rotatable bonds is 2. The summed E-state index contributed by atoms with van der Waals surface area (Å²) in [7, 11) is 0. The van der Waals surface area contributed by atoms with Crippen LogP contribution < -0.4 is 5.32 Å². The molecule has 76 valence electrons. The predicted octanol–water partition coefficient (Wildman–Crippen LogP) is 1.52. The summed E-state index contributed by atoms with van der Waals surface area (Å²) < 4.78 is 0. The minimum atomic E-state index is 0.427. The minimum absolute atomic E-state index is 0.427. The van der Waals surface area contributed by atoms with Crippen LogP contribution in [0.1, 0.15) is 26.7 Å². The van der Waals surface area contributed by atoms with Crippen LogP contribution in [0.2, 0.25) is 0 Å². The van der Waals surface area contributed by atoms with E-state index in [0.717, 1.165) is 6.04 Å². The lowest BCUT2D eigenvalue weighted by molar-refractivity contribution is 0.334. The van der Waals surface area contributed by atoms with E-state index >= 15 is 0 Å². The zero-order valence-corrected chi connectivity index (χ0v) is 9.49. The molecular weight excluding hydrogens is 180 g/mol. The average Bonchev–Trinajstić information content (AvgIpc) is 2.74. The van der Waals surface area contributed by atoms with E-state index in [1.54, 1.807) is 0 Å². The first-order valence-corrected chi connectivity index (χ1v) is 6.40. The van der Waals surface area contributed by atoms with E-state index in [-0.39, 0.29) is 0 Å². The molecule has 2 saturated heterocycles. The van der Waals surface area contributed by atoms with Crippen LogP contribution >= 0.6 is 11.8 Å². The van der Waals surface area contributed by atoms with E-state index in [4.69, 9.17) is 0 Å². The van der Waals surface area contributed by atoms with Gasteiger partial charge in [0.05, 0.1) is 4.87 Å².